The number of nitro groups is 1. The number of hydrogen-bond donors (Lipinski definition) is 1. The molecule has 0 spiro atoms. The minimum atomic E-state index is -4.73. The molecule has 2 rings (SSSR count). The number of hydrogen-bond acceptors (Lipinski definition) is 5. The normalized spacial score (nSPS) is 12.4. The number of benzene rings is 2. The Balaban J connectivity index is 2.21. The number of nitro benzene ring substituents is 1. The predicted molar refractivity (Wildman–Crippen MR) is 93.0 cm³/mol. The summed E-state index contributed by atoms with van der Waals surface area (Å²) in [7, 11) is 0. The summed E-state index contributed by atoms with van der Waals surface area (Å²) in [5.41, 5.74) is -1.42. The Kier molecular flexibility index (Phi) is 5.94. The van der Waals surface area contributed by atoms with Crippen LogP contribution >= 0.6 is 11.6 Å². The minimum absolute atomic E-state index is 0.109. The number of ether oxygens (including phenoxy) is 1. The van der Waals surface area contributed by atoms with Crippen molar-refractivity contribution >= 4 is 28.9 Å². The highest BCUT2D eigenvalue weighted by atomic mass is 35.5. The molecule has 0 aliphatic rings. The number of alkyl halides is 3. The van der Waals surface area contributed by atoms with Crippen molar-refractivity contribution in [3.05, 3.63) is 62.7 Å². The van der Waals surface area contributed by atoms with Gasteiger partial charge in [-0.05, 0) is 43.7 Å². The van der Waals surface area contributed by atoms with E-state index in [1.54, 1.807) is 13.0 Å². The van der Waals surface area contributed by atoms with Gasteiger partial charge in [0.1, 0.15) is 17.5 Å². The molecule has 0 radical (unpaired) electrons. The van der Waals surface area contributed by atoms with Crippen LogP contribution in [0.3, 0.4) is 0 Å². The molecule has 2 aromatic rings. The minimum Gasteiger partial charge on any atom is -0.423 e. The van der Waals surface area contributed by atoms with Crippen molar-refractivity contribution in [1.29, 1.82) is 0 Å². The lowest BCUT2D eigenvalue weighted by molar-refractivity contribution is -0.384. The number of halogens is 4. The van der Waals surface area contributed by atoms with Crippen LogP contribution in [0.15, 0.2) is 36.4 Å². The van der Waals surface area contributed by atoms with Gasteiger partial charge in [-0.15, -0.1) is 0 Å². The van der Waals surface area contributed by atoms with Gasteiger partial charge in [0.15, 0.2) is 0 Å². The SMILES string of the molecule is Cc1ccc(Cl)c(OC(=O)[C@H](C)Nc2ccc(C(F)(F)F)cc2[N+](=O)[O-])c1. The van der Waals surface area contributed by atoms with Crippen molar-refractivity contribution in [2.24, 2.45) is 0 Å². The molecule has 0 aromatic heterocycles. The topological polar surface area (TPSA) is 81.5 Å². The van der Waals surface area contributed by atoms with Crippen molar-refractivity contribution in [2.75, 3.05) is 5.32 Å². The summed E-state index contributed by atoms with van der Waals surface area (Å²) in [6, 6.07) is 5.68. The predicted octanol–water partition coefficient (Wildman–Crippen LogP) is 4.98. The van der Waals surface area contributed by atoms with Crippen molar-refractivity contribution in [3.8, 4) is 5.75 Å². The highest BCUT2D eigenvalue weighted by Crippen LogP contribution is 2.35. The van der Waals surface area contributed by atoms with E-state index in [1.807, 2.05) is 0 Å². The maximum atomic E-state index is 12.7. The number of nitrogens with zero attached hydrogens (tertiary/aromatic N) is 1. The molecular weight excluding hydrogens is 389 g/mol. The van der Waals surface area contributed by atoms with Gasteiger partial charge < -0.3 is 10.1 Å². The van der Waals surface area contributed by atoms with Gasteiger partial charge in [0, 0.05) is 6.07 Å². The first-order valence-electron chi connectivity index (χ1n) is 7.59. The van der Waals surface area contributed by atoms with Crippen molar-refractivity contribution in [2.45, 2.75) is 26.1 Å². The second-order valence-corrected chi connectivity index (χ2v) is 6.11. The average molecular weight is 403 g/mol. The molecule has 144 valence electrons. The number of carbonyl (C=O) groups is 1. The quantitative estimate of drug-likeness (QED) is 0.330. The molecule has 0 heterocycles. The summed E-state index contributed by atoms with van der Waals surface area (Å²) >= 11 is 5.94. The number of anilines is 1. The summed E-state index contributed by atoms with van der Waals surface area (Å²) in [4.78, 5) is 22.3. The summed E-state index contributed by atoms with van der Waals surface area (Å²) in [6.07, 6.45) is -4.73. The van der Waals surface area contributed by atoms with Crippen LogP contribution in [0.4, 0.5) is 24.5 Å². The Morgan fingerprint density at radius 3 is 2.52 bits per heavy atom. The van der Waals surface area contributed by atoms with E-state index in [0.29, 0.717) is 12.1 Å². The molecule has 0 bridgehead atoms. The van der Waals surface area contributed by atoms with E-state index in [-0.39, 0.29) is 16.5 Å². The van der Waals surface area contributed by atoms with Crippen LogP contribution in [0.1, 0.15) is 18.1 Å². The highest BCUT2D eigenvalue weighted by molar-refractivity contribution is 6.32. The lowest BCUT2D eigenvalue weighted by Gasteiger charge is -2.16. The first-order valence-corrected chi connectivity index (χ1v) is 7.97. The molecule has 2 aromatic carbocycles. The Bertz CT molecular complexity index is 887. The van der Waals surface area contributed by atoms with Gasteiger partial charge in [-0.25, -0.2) is 4.79 Å². The molecule has 0 amide bonds. The maximum Gasteiger partial charge on any atom is 0.416 e. The van der Waals surface area contributed by atoms with Crippen LogP contribution in [0.25, 0.3) is 0 Å². The zero-order valence-corrected chi connectivity index (χ0v) is 14.9. The Labute approximate surface area is 157 Å². The molecule has 0 saturated carbocycles. The van der Waals surface area contributed by atoms with E-state index in [4.69, 9.17) is 16.3 Å². The van der Waals surface area contributed by atoms with Gasteiger partial charge in [0.25, 0.3) is 5.69 Å². The summed E-state index contributed by atoms with van der Waals surface area (Å²) in [6.45, 7) is 3.12. The van der Waals surface area contributed by atoms with E-state index in [9.17, 15) is 28.1 Å². The standard InChI is InChI=1S/C17H14ClF3N2O4/c1-9-3-5-12(18)15(7-9)27-16(24)10(2)22-13-6-4-11(17(19,20)21)8-14(13)23(25)26/h3-8,10,22H,1-2H3/t10-/m0/s1. The van der Waals surface area contributed by atoms with Crippen LogP contribution in [-0.4, -0.2) is 16.9 Å². The van der Waals surface area contributed by atoms with Crippen molar-refractivity contribution < 1.29 is 27.6 Å². The zero-order valence-electron chi connectivity index (χ0n) is 14.1. The Morgan fingerprint density at radius 1 is 1.26 bits per heavy atom. The third kappa shape index (κ3) is 5.10. The van der Waals surface area contributed by atoms with Crippen LogP contribution in [0, 0.1) is 17.0 Å². The summed E-state index contributed by atoms with van der Waals surface area (Å²) in [5, 5.41) is 13.8. The number of carbonyl (C=O) groups excluding carboxylic acids is 1. The summed E-state index contributed by atoms with van der Waals surface area (Å²) in [5.74, 6) is -0.700. The average Bonchev–Trinajstić information content (AvgIpc) is 2.57. The van der Waals surface area contributed by atoms with E-state index in [2.05, 4.69) is 5.32 Å². The van der Waals surface area contributed by atoms with Crippen LogP contribution < -0.4 is 10.1 Å². The number of aryl methyl sites for hydroxylation is 1. The van der Waals surface area contributed by atoms with E-state index >= 15 is 0 Å². The number of esters is 1. The fourth-order valence-electron chi connectivity index (χ4n) is 2.16. The van der Waals surface area contributed by atoms with Gasteiger partial charge in [0.05, 0.1) is 15.5 Å². The first kappa shape index (κ1) is 20.5. The fraction of sp³-hybridized carbons (Fsp3) is 0.235. The van der Waals surface area contributed by atoms with Gasteiger partial charge in [0.2, 0.25) is 0 Å². The smallest absolute Gasteiger partial charge is 0.416 e. The largest absolute Gasteiger partial charge is 0.423 e. The number of rotatable bonds is 5. The second-order valence-electron chi connectivity index (χ2n) is 5.71. The van der Waals surface area contributed by atoms with E-state index in [0.717, 1.165) is 11.6 Å². The van der Waals surface area contributed by atoms with Gasteiger partial charge in [-0.1, -0.05) is 17.7 Å². The Hall–Kier alpha value is -2.81. The lowest BCUT2D eigenvalue weighted by atomic mass is 10.1. The third-order valence-electron chi connectivity index (χ3n) is 3.54. The third-order valence-corrected chi connectivity index (χ3v) is 3.86. The molecule has 1 atom stereocenters. The van der Waals surface area contributed by atoms with Gasteiger partial charge in [-0.2, -0.15) is 13.2 Å². The zero-order chi connectivity index (χ0) is 20.4. The van der Waals surface area contributed by atoms with Gasteiger partial charge >= 0.3 is 12.1 Å². The molecule has 0 aliphatic carbocycles. The molecular formula is C17H14ClF3N2O4. The second kappa shape index (κ2) is 7.83. The molecule has 6 nitrogen and oxygen atoms in total. The molecule has 0 aliphatic heterocycles. The maximum absolute atomic E-state index is 12.7. The summed E-state index contributed by atoms with van der Waals surface area (Å²) < 4.78 is 43.4. The molecule has 0 fully saturated rings. The van der Waals surface area contributed by atoms with Crippen molar-refractivity contribution in [3.63, 3.8) is 0 Å². The van der Waals surface area contributed by atoms with Crippen LogP contribution in [0.5, 0.6) is 5.75 Å². The molecule has 27 heavy (non-hydrogen) atoms. The van der Waals surface area contributed by atoms with Gasteiger partial charge in [-0.3, -0.25) is 10.1 Å². The highest BCUT2D eigenvalue weighted by Gasteiger charge is 2.33. The van der Waals surface area contributed by atoms with E-state index < -0.39 is 34.4 Å². The number of nitrogens with one attached hydrogen (secondary N) is 1. The Morgan fingerprint density at radius 2 is 1.93 bits per heavy atom. The molecule has 0 saturated heterocycles. The fourth-order valence-corrected chi connectivity index (χ4v) is 2.31. The van der Waals surface area contributed by atoms with Crippen LogP contribution in [0.2, 0.25) is 5.02 Å². The molecule has 1 N–H and O–H groups in total. The lowest BCUT2D eigenvalue weighted by Crippen LogP contribution is -2.30. The molecule has 0 unspecified atom stereocenters. The first-order chi connectivity index (χ1) is 12.5. The van der Waals surface area contributed by atoms with Crippen LogP contribution in [-0.2, 0) is 11.0 Å². The monoisotopic (exact) mass is 402 g/mol. The van der Waals surface area contributed by atoms with E-state index in [1.165, 1.54) is 19.1 Å². The molecule has 10 heteroatoms. The van der Waals surface area contributed by atoms with Crippen molar-refractivity contribution in [1.82, 2.24) is 0 Å².